The van der Waals surface area contributed by atoms with E-state index >= 15 is 0 Å². The second-order valence-electron chi connectivity index (χ2n) is 4.08. The van der Waals surface area contributed by atoms with E-state index in [0.29, 0.717) is 4.47 Å². The highest BCUT2D eigenvalue weighted by atomic mass is 79.9. The number of pyridine rings is 1. The molecule has 0 aliphatic heterocycles. The standard InChI is InChI=1S/C13H9BrFN3O2S/c14-11-4-12(8-17-7-11)21(19,20)18-6-10-2-1-9(5-16)3-13(10)15/h1-4,7-8,18H,6H2. The van der Waals surface area contributed by atoms with Gasteiger partial charge in [-0.1, -0.05) is 6.07 Å². The van der Waals surface area contributed by atoms with E-state index in [-0.39, 0.29) is 22.6 Å². The summed E-state index contributed by atoms with van der Waals surface area (Å²) in [6, 6.07) is 7.06. The van der Waals surface area contributed by atoms with E-state index in [9.17, 15) is 12.8 Å². The number of benzene rings is 1. The van der Waals surface area contributed by atoms with Crippen molar-refractivity contribution in [3.05, 3.63) is 58.1 Å². The van der Waals surface area contributed by atoms with Gasteiger partial charge in [-0.3, -0.25) is 4.98 Å². The van der Waals surface area contributed by atoms with E-state index in [1.807, 2.05) is 6.07 Å². The van der Waals surface area contributed by atoms with Gasteiger partial charge < -0.3 is 0 Å². The van der Waals surface area contributed by atoms with Gasteiger partial charge in [0.25, 0.3) is 0 Å². The molecule has 0 aliphatic rings. The van der Waals surface area contributed by atoms with E-state index in [4.69, 9.17) is 5.26 Å². The highest BCUT2D eigenvalue weighted by Crippen LogP contribution is 2.15. The van der Waals surface area contributed by atoms with Gasteiger partial charge in [-0.25, -0.2) is 17.5 Å². The first-order valence-electron chi connectivity index (χ1n) is 5.71. The van der Waals surface area contributed by atoms with Crippen LogP contribution < -0.4 is 4.72 Å². The molecule has 0 atom stereocenters. The van der Waals surface area contributed by atoms with Crippen LogP contribution in [0.3, 0.4) is 0 Å². The van der Waals surface area contributed by atoms with Crippen LogP contribution in [-0.4, -0.2) is 13.4 Å². The number of nitriles is 1. The molecule has 0 amide bonds. The zero-order valence-corrected chi connectivity index (χ0v) is 12.9. The van der Waals surface area contributed by atoms with Crippen LogP contribution in [0.25, 0.3) is 0 Å². The lowest BCUT2D eigenvalue weighted by atomic mass is 10.1. The SMILES string of the molecule is N#Cc1ccc(CNS(=O)(=O)c2cncc(Br)c2)c(F)c1. The monoisotopic (exact) mass is 369 g/mol. The molecule has 0 fully saturated rings. The maximum atomic E-state index is 13.7. The Hall–Kier alpha value is -1.82. The van der Waals surface area contributed by atoms with Crippen molar-refractivity contribution < 1.29 is 12.8 Å². The highest BCUT2D eigenvalue weighted by molar-refractivity contribution is 9.10. The fourth-order valence-electron chi connectivity index (χ4n) is 1.56. The molecular formula is C13H9BrFN3O2S. The summed E-state index contributed by atoms with van der Waals surface area (Å²) in [4.78, 5) is 3.75. The minimum atomic E-state index is -3.79. The minimum Gasteiger partial charge on any atom is -0.262 e. The molecule has 0 unspecified atom stereocenters. The van der Waals surface area contributed by atoms with Crippen molar-refractivity contribution >= 4 is 26.0 Å². The summed E-state index contributed by atoms with van der Waals surface area (Å²) in [6.45, 7) is -0.216. The first-order chi connectivity index (χ1) is 9.92. The maximum Gasteiger partial charge on any atom is 0.242 e. The fraction of sp³-hybridized carbons (Fsp3) is 0.0769. The van der Waals surface area contributed by atoms with Gasteiger partial charge in [-0.2, -0.15) is 5.26 Å². The smallest absolute Gasteiger partial charge is 0.242 e. The Labute approximate surface area is 129 Å². The van der Waals surface area contributed by atoms with Crippen LogP contribution >= 0.6 is 15.9 Å². The zero-order chi connectivity index (χ0) is 15.5. The average Bonchev–Trinajstić information content (AvgIpc) is 2.46. The summed E-state index contributed by atoms with van der Waals surface area (Å²) in [6.07, 6.45) is 2.65. The molecule has 108 valence electrons. The van der Waals surface area contributed by atoms with Crippen LogP contribution in [0.5, 0.6) is 0 Å². The third-order valence-corrected chi connectivity index (χ3v) is 4.43. The van der Waals surface area contributed by atoms with Crippen LogP contribution in [-0.2, 0) is 16.6 Å². The number of nitrogens with zero attached hydrogens (tertiary/aromatic N) is 2. The Bertz CT molecular complexity index is 818. The molecule has 1 N–H and O–H groups in total. The van der Waals surface area contributed by atoms with E-state index < -0.39 is 15.8 Å². The van der Waals surface area contributed by atoms with Gasteiger partial charge in [0.05, 0.1) is 11.6 Å². The predicted molar refractivity (Wildman–Crippen MR) is 77.1 cm³/mol. The van der Waals surface area contributed by atoms with Gasteiger partial charge in [-0.05, 0) is 34.1 Å². The van der Waals surface area contributed by atoms with Crippen molar-refractivity contribution in [2.75, 3.05) is 0 Å². The summed E-state index contributed by atoms with van der Waals surface area (Å²) in [7, 11) is -3.79. The number of sulfonamides is 1. The van der Waals surface area contributed by atoms with E-state index in [2.05, 4.69) is 25.6 Å². The highest BCUT2D eigenvalue weighted by Gasteiger charge is 2.15. The molecule has 0 aliphatic carbocycles. The third-order valence-electron chi connectivity index (χ3n) is 2.62. The second-order valence-corrected chi connectivity index (χ2v) is 6.76. The summed E-state index contributed by atoms with van der Waals surface area (Å²) in [5.41, 5.74) is 0.329. The van der Waals surface area contributed by atoms with Gasteiger partial charge in [0.2, 0.25) is 10.0 Å². The maximum absolute atomic E-state index is 13.7. The van der Waals surface area contributed by atoms with Crippen LogP contribution in [0.2, 0.25) is 0 Å². The first-order valence-corrected chi connectivity index (χ1v) is 7.99. The molecule has 2 rings (SSSR count). The molecule has 0 saturated heterocycles. The topological polar surface area (TPSA) is 82.9 Å². The van der Waals surface area contributed by atoms with E-state index in [1.54, 1.807) is 0 Å². The molecular weight excluding hydrogens is 361 g/mol. The van der Waals surface area contributed by atoms with Crippen molar-refractivity contribution in [1.29, 1.82) is 5.26 Å². The molecule has 1 heterocycles. The Balaban J connectivity index is 2.18. The quantitative estimate of drug-likeness (QED) is 0.896. The van der Waals surface area contributed by atoms with Crippen LogP contribution in [0.4, 0.5) is 4.39 Å². The minimum absolute atomic E-state index is 0.0223. The van der Waals surface area contributed by atoms with Gasteiger partial charge in [0.1, 0.15) is 10.7 Å². The van der Waals surface area contributed by atoms with Crippen LogP contribution in [0.1, 0.15) is 11.1 Å². The van der Waals surface area contributed by atoms with Crippen molar-refractivity contribution in [3.8, 4) is 6.07 Å². The normalized spacial score (nSPS) is 11.1. The molecule has 0 saturated carbocycles. The van der Waals surface area contributed by atoms with Gasteiger partial charge >= 0.3 is 0 Å². The molecule has 8 heteroatoms. The molecule has 0 bridgehead atoms. The summed E-state index contributed by atoms with van der Waals surface area (Å²) in [5.74, 6) is -0.635. The molecule has 1 aromatic carbocycles. The molecule has 1 aromatic heterocycles. The second kappa shape index (κ2) is 6.30. The number of aromatic nitrogens is 1. The van der Waals surface area contributed by atoms with Gasteiger partial charge in [-0.15, -0.1) is 0 Å². The Morgan fingerprint density at radius 1 is 1.33 bits per heavy atom. The number of hydrogen-bond acceptors (Lipinski definition) is 4. The van der Waals surface area contributed by atoms with E-state index in [0.717, 1.165) is 6.07 Å². The lowest BCUT2D eigenvalue weighted by Crippen LogP contribution is -2.24. The summed E-state index contributed by atoms with van der Waals surface area (Å²) in [5, 5.41) is 8.65. The lowest BCUT2D eigenvalue weighted by molar-refractivity contribution is 0.574. The fourth-order valence-corrected chi connectivity index (χ4v) is 3.07. The Morgan fingerprint density at radius 2 is 2.10 bits per heavy atom. The molecule has 2 aromatic rings. The largest absolute Gasteiger partial charge is 0.262 e. The van der Waals surface area contributed by atoms with Crippen molar-refractivity contribution in [2.24, 2.45) is 0 Å². The molecule has 5 nitrogen and oxygen atoms in total. The Morgan fingerprint density at radius 3 is 2.71 bits per heavy atom. The van der Waals surface area contributed by atoms with Crippen molar-refractivity contribution in [3.63, 3.8) is 0 Å². The predicted octanol–water partition coefficient (Wildman–Crippen LogP) is 2.33. The summed E-state index contributed by atoms with van der Waals surface area (Å²) < 4.78 is 40.6. The first kappa shape index (κ1) is 15.6. The van der Waals surface area contributed by atoms with Crippen molar-refractivity contribution in [1.82, 2.24) is 9.71 Å². The number of hydrogen-bond donors (Lipinski definition) is 1. The number of nitrogens with one attached hydrogen (secondary N) is 1. The Kier molecular flexibility index (Phi) is 4.67. The lowest BCUT2D eigenvalue weighted by Gasteiger charge is -2.07. The van der Waals surface area contributed by atoms with Gasteiger partial charge in [0, 0.05) is 29.0 Å². The average molecular weight is 370 g/mol. The third kappa shape index (κ3) is 3.85. The number of rotatable bonds is 4. The summed E-state index contributed by atoms with van der Waals surface area (Å²) >= 11 is 3.13. The molecule has 0 radical (unpaired) electrons. The van der Waals surface area contributed by atoms with Gasteiger partial charge in [0.15, 0.2) is 0 Å². The van der Waals surface area contributed by atoms with E-state index in [1.165, 1.54) is 30.6 Å². The van der Waals surface area contributed by atoms with Crippen molar-refractivity contribution in [2.45, 2.75) is 11.4 Å². The zero-order valence-electron chi connectivity index (χ0n) is 10.5. The van der Waals surface area contributed by atoms with Crippen LogP contribution in [0.15, 0.2) is 46.0 Å². The van der Waals surface area contributed by atoms with Crippen LogP contribution in [0, 0.1) is 17.1 Å². The number of halogens is 2. The molecule has 21 heavy (non-hydrogen) atoms. The molecule has 0 spiro atoms.